The lowest BCUT2D eigenvalue weighted by Gasteiger charge is -2.01. The highest BCUT2D eigenvalue weighted by Gasteiger charge is 2.02. The zero-order valence-electron chi connectivity index (χ0n) is 10.4. The third-order valence-electron chi connectivity index (χ3n) is 2.86. The van der Waals surface area contributed by atoms with E-state index in [9.17, 15) is 9.59 Å². The molecule has 2 aromatic carbocycles. The van der Waals surface area contributed by atoms with Gasteiger partial charge < -0.3 is 5.11 Å². The zero-order chi connectivity index (χ0) is 13.7. The second-order valence-corrected chi connectivity index (χ2v) is 4.26. The van der Waals surface area contributed by atoms with Crippen molar-refractivity contribution in [1.29, 1.82) is 0 Å². The van der Waals surface area contributed by atoms with E-state index in [1.807, 2.05) is 42.5 Å². The summed E-state index contributed by atoms with van der Waals surface area (Å²) in [6, 6.07) is 13.8. The van der Waals surface area contributed by atoms with Crippen LogP contribution in [0.2, 0.25) is 0 Å². The molecule has 19 heavy (non-hydrogen) atoms. The van der Waals surface area contributed by atoms with Crippen molar-refractivity contribution in [3.05, 3.63) is 54.1 Å². The second-order valence-electron chi connectivity index (χ2n) is 4.26. The van der Waals surface area contributed by atoms with E-state index in [0.29, 0.717) is 0 Å². The summed E-state index contributed by atoms with van der Waals surface area (Å²) >= 11 is 0. The van der Waals surface area contributed by atoms with E-state index in [2.05, 4.69) is 0 Å². The lowest BCUT2D eigenvalue weighted by Crippen LogP contribution is -2.00. The number of rotatable bonds is 5. The molecular weight excluding hydrogens is 240 g/mol. The zero-order valence-corrected chi connectivity index (χ0v) is 10.4. The van der Waals surface area contributed by atoms with Crippen LogP contribution in [0.3, 0.4) is 0 Å². The topological polar surface area (TPSA) is 54.4 Å². The summed E-state index contributed by atoms with van der Waals surface area (Å²) in [7, 11) is 0. The highest BCUT2D eigenvalue weighted by Crippen LogP contribution is 2.19. The minimum Gasteiger partial charge on any atom is -0.481 e. The third-order valence-corrected chi connectivity index (χ3v) is 2.86. The highest BCUT2D eigenvalue weighted by atomic mass is 16.4. The quantitative estimate of drug-likeness (QED) is 0.833. The Morgan fingerprint density at radius 1 is 1.00 bits per heavy atom. The summed E-state index contributed by atoms with van der Waals surface area (Å²) < 4.78 is 0. The summed E-state index contributed by atoms with van der Waals surface area (Å²) in [4.78, 5) is 21.9. The maximum absolute atomic E-state index is 11.5. The number of ketones is 1. The third kappa shape index (κ3) is 3.52. The van der Waals surface area contributed by atoms with Crippen molar-refractivity contribution >= 4 is 28.6 Å². The molecule has 0 amide bonds. The van der Waals surface area contributed by atoms with Crippen LogP contribution < -0.4 is 0 Å². The first-order valence-corrected chi connectivity index (χ1v) is 6.07. The summed E-state index contributed by atoms with van der Waals surface area (Å²) in [5, 5.41) is 10.7. The van der Waals surface area contributed by atoms with Crippen LogP contribution in [0.1, 0.15) is 18.4 Å². The summed E-state index contributed by atoms with van der Waals surface area (Å²) in [6.45, 7) is 0. The van der Waals surface area contributed by atoms with E-state index < -0.39 is 5.97 Å². The van der Waals surface area contributed by atoms with E-state index in [0.717, 1.165) is 16.3 Å². The van der Waals surface area contributed by atoms with Crippen molar-refractivity contribution in [2.24, 2.45) is 0 Å². The summed E-state index contributed by atoms with van der Waals surface area (Å²) in [5.74, 6) is -1.12. The number of benzene rings is 2. The van der Waals surface area contributed by atoms with Crippen LogP contribution in [0.25, 0.3) is 16.8 Å². The van der Waals surface area contributed by atoms with Gasteiger partial charge in [0.1, 0.15) is 0 Å². The fourth-order valence-corrected chi connectivity index (χ4v) is 1.89. The van der Waals surface area contributed by atoms with Crippen LogP contribution >= 0.6 is 0 Å². The van der Waals surface area contributed by atoms with Gasteiger partial charge in [-0.3, -0.25) is 9.59 Å². The standard InChI is InChI=1S/C16H14O3/c17-14(10-11-16(18)19)9-8-13-6-3-5-12-4-1-2-7-15(12)13/h1-9H,10-11H2,(H,18,19). The van der Waals surface area contributed by atoms with E-state index in [4.69, 9.17) is 5.11 Å². The van der Waals surface area contributed by atoms with Gasteiger partial charge >= 0.3 is 5.97 Å². The van der Waals surface area contributed by atoms with Crippen molar-refractivity contribution in [1.82, 2.24) is 0 Å². The van der Waals surface area contributed by atoms with E-state index in [-0.39, 0.29) is 18.6 Å². The lowest BCUT2D eigenvalue weighted by molar-refractivity contribution is -0.138. The molecule has 2 rings (SSSR count). The van der Waals surface area contributed by atoms with Crippen molar-refractivity contribution in [2.45, 2.75) is 12.8 Å². The smallest absolute Gasteiger partial charge is 0.303 e. The molecule has 0 heterocycles. The fraction of sp³-hybridized carbons (Fsp3) is 0.125. The molecule has 0 saturated carbocycles. The maximum Gasteiger partial charge on any atom is 0.303 e. The van der Waals surface area contributed by atoms with Crippen LogP contribution in [0, 0.1) is 0 Å². The normalized spacial score (nSPS) is 10.9. The fourth-order valence-electron chi connectivity index (χ4n) is 1.89. The van der Waals surface area contributed by atoms with E-state index >= 15 is 0 Å². The molecule has 0 saturated heterocycles. The van der Waals surface area contributed by atoms with Crippen LogP contribution in [0.5, 0.6) is 0 Å². The molecule has 0 radical (unpaired) electrons. The lowest BCUT2D eigenvalue weighted by atomic mass is 10.0. The Morgan fingerprint density at radius 3 is 2.53 bits per heavy atom. The number of hydrogen-bond donors (Lipinski definition) is 1. The number of hydrogen-bond acceptors (Lipinski definition) is 2. The molecule has 3 heteroatoms. The van der Waals surface area contributed by atoms with Gasteiger partial charge in [0.25, 0.3) is 0 Å². The van der Waals surface area contributed by atoms with Crippen LogP contribution in [0.4, 0.5) is 0 Å². The predicted octanol–water partition coefficient (Wildman–Crippen LogP) is 3.29. The Morgan fingerprint density at radius 2 is 1.74 bits per heavy atom. The Hall–Kier alpha value is -2.42. The molecule has 0 aliphatic heterocycles. The van der Waals surface area contributed by atoms with Gasteiger partial charge in [-0.25, -0.2) is 0 Å². The molecular formula is C16H14O3. The molecule has 3 nitrogen and oxygen atoms in total. The van der Waals surface area contributed by atoms with Crippen molar-refractivity contribution in [3.8, 4) is 0 Å². The van der Waals surface area contributed by atoms with Crippen molar-refractivity contribution in [3.63, 3.8) is 0 Å². The second kappa shape index (κ2) is 5.96. The van der Waals surface area contributed by atoms with Crippen LogP contribution in [0.15, 0.2) is 48.5 Å². The molecule has 2 aromatic rings. The van der Waals surface area contributed by atoms with Crippen LogP contribution in [-0.2, 0) is 9.59 Å². The van der Waals surface area contributed by atoms with E-state index in [1.54, 1.807) is 6.08 Å². The molecule has 0 atom stereocenters. The minimum absolute atomic E-state index is 0.0383. The first kappa shape index (κ1) is 13.0. The average molecular weight is 254 g/mol. The van der Waals surface area contributed by atoms with Gasteiger partial charge in [0.05, 0.1) is 6.42 Å². The van der Waals surface area contributed by atoms with Crippen molar-refractivity contribution < 1.29 is 14.7 Å². The monoisotopic (exact) mass is 254 g/mol. The highest BCUT2D eigenvalue weighted by molar-refractivity contribution is 5.98. The first-order chi connectivity index (χ1) is 9.16. The van der Waals surface area contributed by atoms with Crippen molar-refractivity contribution in [2.75, 3.05) is 0 Å². The molecule has 0 spiro atoms. The largest absolute Gasteiger partial charge is 0.481 e. The Labute approximate surface area is 111 Å². The van der Waals surface area contributed by atoms with Gasteiger partial charge in [0, 0.05) is 6.42 Å². The minimum atomic E-state index is -0.952. The van der Waals surface area contributed by atoms with Crippen LogP contribution in [-0.4, -0.2) is 16.9 Å². The molecule has 0 aliphatic carbocycles. The van der Waals surface area contributed by atoms with Gasteiger partial charge in [-0.15, -0.1) is 0 Å². The van der Waals surface area contributed by atoms with E-state index in [1.165, 1.54) is 6.08 Å². The Balaban J connectivity index is 2.17. The molecule has 0 unspecified atom stereocenters. The number of fused-ring (bicyclic) bond motifs is 1. The molecule has 0 fully saturated rings. The van der Waals surface area contributed by atoms with Gasteiger partial charge in [0.2, 0.25) is 0 Å². The SMILES string of the molecule is O=C(O)CCC(=O)C=Cc1cccc2ccccc12. The van der Waals surface area contributed by atoms with Gasteiger partial charge in [0.15, 0.2) is 5.78 Å². The maximum atomic E-state index is 11.5. The van der Waals surface area contributed by atoms with Gasteiger partial charge in [-0.2, -0.15) is 0 Å². The van der Waals surface area contributed by atoms with Gasteiger partial charge in [-0.05, 0) is 22.4 Å². The molecule has 96 valence electrons. The average Bonchev–Trinajstić information content (AvgIpc) is 2.42. The summed E-state index contributed by atoms with van der Waals surface area (Å²) in [6.07, 6.45) is 3.10. The molecule has 0 aliphatic rings. The Kier molecular flexibility index (Phi) is 4.08. The first-order valence-electron chi connectivity index (χ1n) is 6.07. The number of carboxylic acid groups (broad SMARTS) is 1. The number of carboxylic acids is 1. The molecule has 0 bridgehead atoms. The number of carbonyl (C=O) groups is 2. The number of allylic oxidation sites excluding steroid dienone is 1. The predicted molar refractivity (Wildman–Crippen MR) is 74.9 cm³/mol. The number of carbonyl (C=O) groups excluding carboxylic acids is 1. The number of aliphatic carboxylic acids is 1. The molecule has 1 N–H and O–H groups in total. The summed E-state index contributed by atoms with van der Waals surface area (Å²) in [5.41, 5.74) is 0.960. The Bertz CT molecular complexity index is 636. The molecule has 0 aromatic heterocycles. The van der Waals surface area contributed by atoms with Gasteiger partial charge in [-0.1, -0.05) is 48.5 Å².